The summed E-state index contributed by atoms with van der Waals surface area (Å²) in [6, 6.07) is 9.26. The van der Waals surface area contributed by atoms with Crippen LogP contribution in [0.25, 0.3) is 11.1 Å². The van der Waals surface area contributed by atoms with Crippen LogP contribution in [-0.4, -0.2) is 5.11 Å². The molecule has 5 N–H and O–H groups in total. The van der Waals surface area contributed by atoms with Crippen molar-refractivity contribution < 1.29 is 9.50 Å². The van der Waals surface area contributed by atoms with Crippen molar-refractivity contribution in [3.63, 3.8) is 0 Å². The third-order valence-electron chi connectivity index (χ3n) is 2.52. The van der Waals surface area contributed by atoms with Gasteiger partial charge < -0.3 is 16.6 Å². The van der Waals surface area contributed by atoms with Crippen molar-refractivity contribution >= 4 is 11.4 Å². The normalized spacial score (nSPS) is 10.5. The van der Waals surface area contributed by atoms with Crippen LogP contribution in [0.5, 0.6) is 0 Å². The minimum Gasteiger partial charge on any atom is -0.399 e. The van der Waals surface area contributed by atoms with Crippen LogP contribution >= 0.6 is 0 Å². The van der Waals surface area contributed by atoms with Gasteiger partial charge in [0.05, 0.1) is 6.61 Å². The molecular weight excluding hydrogens is 219 g/mol. The zero-order valence-electron chi connectivity index (χ0n) is 9.15. The highest BCUT2D eigenvalue weighted by Gasteiger charge is 2.06. The van der Waals surface area contributed by atoms with Crippen LogP contribution in [0.2, 0.25) is 0 Å². The maximum atomic E-state index is 13.2. The minimum atomic E-state index is -0.359. The number of halogens is 1. The highest BCUT2D eigenvalue weighted by atomic mass is 19.1. The van der Waals surface area contributed by atoms with Crippen molar-refractivity contribution in [2.24, 2.45) is 0 Å². The number of nitrogen functional groups attached to an aromatic ring is 2. The van der Waals surface area contributed by atoms with Crippen LogP contribution in [0, 0.1) is 5.82 Å². The summed E-state index contributed by atoms with van der Waals surface area (Å²) in [6.45, 7) is -0.118. The van der Waals surface area contributed by atoms with Crippen molar-refractivity contribution in [3.05, 3.63) is 47.8 Å². The molecule has 0 spiro atoms. The van der Waals surface area contributed by atoms with Crippen molar-refractivity contribution in [3.8, 4) is 11.1 Å². The van der Waals surface area contributed by atoms with E-state index in [2.05, 4.69) is 0 Å². The molecule has 2 rings (SSSR count). The number of anilines is 2. The largest absolute Gasteiger partial charge is 0.399 e. The van der Waals surface area contributed by atoms with E-state index >= 15 is 0 Å². The van der Waals surface area contributed by atoms with E-state index in [1.165, 1.54) is 18.2 Å². The standard InChI is InChI=1S/C13H13FN2O/c14-10-1-2-13(16)12(6-10)9-3-8(7-17)4-11(15)5-9/h1-6,17H,7,15-16H2. The average molecular weight is 232 g/mol. The van der Waals surface area contributed by atoms with E-state index in [4.69, 9.17) is 16.6 Å². The van der Waals surface area contributed by atoms with E-state index in [1.807, 2.05) is 0 Å². The van der Waals surface area contributed by atoms with Crippen molar-refractivity contribution in [2.75, 3.05) is 11.5 Å². The van der Waals surface area contributed by atoms with E-state index in [-0.39, 0.29) is 12.4 Å². The summed E-state index contributed by atoms with van der Waals surface area (Å²) in [4.78, 5) is 0. The lowest BCUT2D eigenvalue weighted by Gasteiger charge is -2.09. The Morgan fingerprint density at radius 1 is 1.06 bits per heavy atom. The Hall–Kier alpha value is -2.07. The van der Waals surface area contributed by atoms with Crippen LogP contribution in [-0.2, 0) is 6.61 Å². The average Bonchev–Trinajstić information content (AvgIpc) is 2.31. The van der Waals surface area contributed by atoms with Gasteiger partial charge in [-0.25, -0.2) is 4.39 Å². The van der Waals surface area contributed by atoms with Gasteiger partial charge in [0.15, 0.2) is 0 Å². The van der Waals surface area contributed by atoms with E-state index in [0.717, 1.165) is 0 Å². The van der Waals surface area contributed by atoms with E-state index in [9.17, 15) is 4.39 Å². The number of hydrogen-bond donors (Lipinski definition) is 3. The second-order valence-electron chi connectivity index (χ2n) is 3.85. The van der Waals surface area contributed by atoms with Gasteiger partial charge in [0.2, 0.25) is 0 Å². The first-order valence-electron chi connectivity index (χ1n) is 5.16. The van der Waals surface area contributed by atoms with Gasteiger partial charge in [0.25, 0.3) is 0 Å². The first-order valence-corrected chi connectivity index (χ1v) is 5.16. The molecule has 3 nitrogen and oxygen atoms in total. The summed E-state index contributed by atoms with van der Waals surface area (Å²) in [5.74, 6) is -0.359. The summed E-state index contributed by atoms with van der Waals surface area (Å²) < 4.78 is 13.2. The molecular formula is C13H13FN2O. The summed E-state index contributed by atoms with van der Waals surface area (Å²) in [6.07, 6.45) is 0. The maximum absolute atomic E-state index is 13.2. The molecule has 17 heavy (non-hydrogen) atoms. The van der Waals surface area contributed by atoms with Gasteiger partial charge in [-0.15, -0.1) is 0 Å². The zero-order valence-corrected chi connectivity index (χ0v) is 9.15. The van der Waals surface area contributed by atoms with Gasteiger partial charge in [-0.2, -0.15) is 0 Å². The maximum Gasteiger partial charge on any atom is 0.123 e. The molecule has 0 bridgehead atoms. The smallest absolute Gasteiger partial charge is 0.123 e. The molecule has 4 heteroatoms. The summed E-state index contributed by atoms with van der Waals surface area (Å²) in [5, 5.41) is 9.10. The number of aliphatic hydroxyl groups is 1. The van der Waals surface area contributed by atoms with Crippen molar-refractivity contribution in [2.45, 2.75) is 6.61 Å². The Bertz CT molecular complexity index is 555. The summed E-state index contributed by atoms with van der Waals surface area (Å²) in [5.41, 5.74) is 14.4. The highest BCUT2D eigenvalue weighted by Crippen LogP contribution is 2.29. The van der Waals surface area contributed by atoms with Gasteiger partial charge in [-0.1, -0.05) is 0 Å². The van der Waals surface area contributed by atoms with Crippen LogP contribution < -0.4 is 11.5 Å². The van der Waals surface area contributed by atoms with Gasteiger partial charge >= 0.3 is 0 Å². The lowest BCUT2D eigenvalue weighted by molar-refractivity contribution is 0.282. The Labute approximate surface area is 98.5 Å². The van der Waals surface area contributed by atoms with E-state index in [0.29, 0.717) is 28.1 Å². The molecule has 0 aliphatic heterocycles. The number of rotatable bonds is 2. The van der Waals surface area contributed by atoms with Gasteiger partial charge in [-0.05, 0) is 47.5 Å². The van der Waals surface area contributed by atoms with Crippen LogP contribution in [0.4, 0.5) is 15.8 Å². The van der Waals surface area contributed by atoms with Crippen LogP contribution in [0.3, 0.4) is 0 Å². The summed E-state index contributed by atoms with van der Waals surface area (Å²) in [7, 11) is 0. The van der Waals surface area contributed by atoms with Gasteiger partial charge in [-0.3, -0.25) is 0 Å². The van der Waals surface area contributed by atoms with E-state index < -0.39 is 0 Å². The minimum absolute atomic E-state index is 0.118. The Balaban J connectivity index is 2.59. The molecule has 0 atom stereocenters. The Morgan fingerprint density at radius 2 is 1.82 bits per heavy atom. The first kappa shape index (κ1) is 11.4. The third-order valence-corrected chi connectivity index (χ3v) is 2.52. The van der Waals surface area contributed by atoms with E-state index in [1.54, 1.807) is 18.2 Å². The molecule has 0 aromatic heterocycles. The molecule has 2 aromatic rings. The fourth-order valence-corrected chi connectivity index (χ4v) is 1.74. The van der Waals surface area contributed by atoms with Gasteiger partial charge in [0.1, 0.15) is 5.82 Å². The second kappa shape index (κ2) is 4.43. The van der Waals surface area contributed by atoms with Crippen LogP contribution in [0.15, 0.2) is 36.4 Å². The number of benzene rings is 2. The van der Waals surface area contributed by atoms with Crippen LogP contribution in [0.1, 0.15) is 5.56 Å². The first-order chi connectivity index (χ1) is 8.10. The quantitative estimate of drug-likeness (QED) is 0.695. The van der Waals surface area contributed by atoms with Crippen molar-refractivity contribution in [1.29, 1.82) is 0 Å². The predicted octanol–water partition coefficient (Wildman–Crippen LogP) is 2.15. The number of hydrogen-bond acceptors (Lipinski definition) is 3. The lowest BCUT2D eigenvalue weighted by Crippen LogP contribution is -1.95. The zero-order chi connectivity index (χ0) is 12.4. The topological polar surface area (TPSA) is 72.3 Å². The van der Waals surface area contributed by atoms with Gasteiger partial charge in [0, 0.05) is 16.9 Å². The molecule has 0 amide bonds. The molecule has 0 unspecified atom stereocenters. The number of nitrogens with two attached hydrogens (primary N) is 2. The molecule has 88 valence electrons. The number of aliphatic hydroxyl groups excluding tert-OH is 1. The third kappa shape index (κ3) is 2.37. The fraction of sp³-hybridized carbons (Fsp3) is 0.0769. The Kier molecular flexibility index (Phi) is 2.97. The summed E-state index contributed by atoms with van der Waals surface area (Å²) >= 11 is 0. The fourth-order valence-electron chi connectivity index (χ4n) is 1.74. The molecule has 0 saturated heterocycles. The predicted molar refractivity (Wildman–Crippen MR) is 66.6 cm³/mol. The monoisotopic (exact) mass is 232 g/mol. The molecule has 0 heterocycles. The molecule has 2 aromatic carbocycles. The SMILES string of the molecule is Nc1cc(CO)cc(-c2cc(F)ccc2N)c1. The molecule has 0 saturated carbocycles. The van der Waals surface area contributed by atoms with Crippen molar-refractivity contribution in [1.82, 2.24) is 0 Å². The molecule has 0 aliphatic rings. The highest BCUT2D eigenvalue weighted by molar-refractivity contribution is 5.78. The lowest BCUT2D eigenvalue weighted by atomic mass is 10.0. The molecule has 0 fully saturated rings. The second-order valence-corrected chi connectivity index (χ2v) is 3.85. The molecule has 0 radical (unpaired) electrons. The Morgan fingerprint density at radius 3 is 2.53 bits per heavy atom. The molecule has 0 aliphatic carbocycles.